The number of unbranched alkanes of at least 4 members (excludes halogenated alkanes) is 26. The van der Waals surface area contributed by atoms with Gasteiger partial charge in [0.05, 0.1) is 0 Å². The van der Waals surface area contributed by atoms with E-state index in [4.69, 9.17) is 28.4 Å². The molecule has 0 rings (SSSR count). The highest BCUT2D eigenvalue weighted by molar-refractivity contribution is 8.14. The van der Waals surface area contributed by atoms with Crippen molar-refractivity contribution in [3.8, 4) is 0 Å². The highest BCUT2D eigenvalue weighted by atomic mass is 32.2. The number of carbonyl (C=O) groups is 9. The maximum atomic E-state index is 13.6. The second-order valence-electron chi connectivity index (χ2n) is 39.1. The van der Waals surface area contributed by atoms with Crippen LogP contribution >= 0.6 is 35.3 Å². The standard InChI is InChI=1S/C114H208N6O15S3/c1-14-21-26-31-32-47-60-95-130-106(121)80-63-87-118(112(127)136-98-69-86-117(19-6)20-7)90-66-83-109(124)134-104(76-56-39-29-24-17-4)78-58-45-33-41-50-70-101(8)72-52-43-36-49-62-97-132-108(123)82-65-89-120(114(129)138-100-94-116(12)13)92-68-85-111(126)135-105(77-57-40-30-25-18-5)79-59-46-34-42-51-71-102(9)73-53-44-35-48-61-96-131-107(122)81-64-88-119(113(128)137-99-93-115(10)11)91-67-84-110(125)133-103(74-54-37-27-22-15-2)75-55-38-28-23-16-3/h30,34,40,46-49,60-62,101-105H,14-29,31-33,35-39,41-45,50-59,63-100H2,1-13H3/b40-30+,46-34+,60-47-,61-48-,62-49-. The monoisotopic (exact) mass is 2000 g/mol. The Kier molecular flexibility index (Phi) is 95.5. The number of thioether (sulfide) groups is 3. The van der Waals surface area contributed by atoms with Crippen molar-refractivity contribution in [3.63, 3.8) is 0 Å². The van der Waals surface area contributed by atoms with Crippen molar-refractivity contribution < 1.29 is 71.6 Å². The lowest BCUT2D eigenvalue weighted by molar-refractivity contribution is -0.151. The van der Waals surface area contributed by atoms with E-state index in [1.165, 1.54) is 164 Å². The molecule has 0 bridgehead atoms. The number of amides is 3. The highest BCUT2D eigenvalue weighted by Gasteiger charge is 2.24. The topological polar surface area (TPSA) is 228 Å². The van der Waals surface area contributed by atoms with Gasteiger partial charge in [-0.05, 0) is 239 Å². The number of carbonyl (C=O) groups excluding carboxylic acids is 9. The predicted molar refractivity (Wildman–Crippen MR) is 585 cm³/mol. The van der Waals surface area contributed by atoms with Gasteiger partial charge in [0.15, 0.2) is 0 Å². The van der Waals surface area contributed by atoms with Crippen LogP contribution in [0.4, 0.5) is 14.4 Å². The zero-order chi connectivity index (χ0) is 101. The second kappa shape index (κ2) is 99.2. The van der Waals surface area contributed by atoms with Gasteiger partial charge >= 0.3 is 35.8 Å². The van der Waals surface area contributed by atoms with Crippen LogP contribution in [0.5, 0.6) is 0 Å². The number of rotatable bonds is 98. The second-order valence-corrected chi connectivity index (χ2v) is 42.2. The van der Waals surface area contributed by atoms with Crippen LogP contribution in [-0.2, 0) is 57.2 Å². The number of hydrogen-bond donors (Lipinski definition) is 0. The van der Waals surface area contributed by atoms with Crippen molar-refractivity contribution in [3.05, 3.63) is 60.8 Å². The molecule has 0 saturated carbocycles. The van der Waals surface area contributed by atoms with Gasteiger partial charge in [0.2, 0.25) is 0 Å². The first-order chi connectivity index (χ1) is 67.0. The van der Waals surface area contributed by atoms with Gasteiger partial charge in [-0.15, -0.1) is 0 Å². The zero-order valence-electron chi connectivity index (χ0n) is 90.6. The molecule has 0 aromatic rings. The maximum absolute atomic E-state index is 13.6. The highest BCUT2D eigenvalue weighted by Crippen LogP contribution is 2.26. The largest absolute Gasteiger partial charge is 0.462 e. The molecule has 0 aliphatic carbocycles. The summed E-state index contributed by atoms with van der Waals surface area (Å²) in [7, 11) is 7.95. The number of allylic oxidation sites excluding steroid dienone is 7. The van der Waals surface area contributed by atoms with E-state index in [1.807, 2.05) is 51.3 Å². The van der Waals surface area contributed by atoms with E-state index in [0.717, 1.165) is 218 Å². The van der Waals surface area contributed by atoms with Crippen molar-refractivity contribution >= 4 is 86.8 Å². The normalized spacial score (nSPS) is 12.8. The SMILES string of the molecule is CCC/C=C/CCC(CC/C=C/CCCC(C)CCCC/C=C\COC(=O)CCCN(CCCC(=O)OC(CCCCCCC)CCCCCCC)C(=O)SCCN(C)C)OC(=O)CCCN(CCCC(=O)OC/C=C\CCCCC(C)CCCCCCCC(CCCCCCC)OC(=O)CCCN(CCCC(=O)OC/C=C\CCCCCC)C(=O)SCCCN(CC)CC)C(=O)SCCN(C)C. The van der Waals surface area contributed by atoms with Crippen LogP contribution in [0.2, 0.25) is 0 Å². The molecule has 802 valence electrons. The average Bonchev–Trinajstić information content (AvgIpc) is 0.930. The van der Waals surface area contributed by atoms with E-state index in [9.17, 15) is 43.2 Å². The number of ether oxygens (including phenoxy) is 6. The van der Waals surface area contributed by atoms with Crippen LogP contribution in [-0.4, -0.2) is 237 Å². The smallest absolute Gasteiger partial charge is 0.306 e. The molecule has 0 aliphatic heterocycles. The van der Waals surface area contributed by atoms with Crippen molar-refractivity contribution in [2.45, 2.75) is 466 Å². The summed E-state index contributed by atoms with van der Waals surface area (Å²) in [5.74, 6) is 1.92. The quantitative estimate of drug-likeness (QED) is 0.0238. The number of hydrogen-bond acceptors (Lipinski definition) is 21. The molecule has 0 aliphatic rings. The van der Waals surface area contributed by atoms with Gasteiger partial charge in [0, 0.05) is 108 Å². The van der Waals surface area contributed by atoms with Crippen LogP contribution in [0.1, 0.15) is 448 Å². The van der Waals surface area contributed by atoms with E-state index in [0.29, 0.717) is 101 Å². The van der Waals surface area contributed by atoms with Gasteiger partial charge < -0.3 is 57.8 Å². The minimum absolute atomic E-state index is 0.00226. The Hall–Kier alpha value is -5.14. The number of esters is 6. The number of nitrogens with zero attached hydrogens (tertiary/aromatic N) is 6. The van der Waals surface area contributed by atoms with Crippen molar-refractivity contribution in [1.82, 2.24) is 29.4 Å². The van der Waals surface area contributed by atoms with Crippen molar-refractivity contribution in [2.75, 3.05) is 137 Å². The summed E-state index contributed by atoms with van der Waals surface area (Å²) in [6.07, 6.45) is 77.5. The Morgan fingerprint density at radius 1 is 0.239 bits per heavy atom. The Labute approximate surface area is 858 Å². The van der Waals surface area contributed by atoms with E-state index in [-0.39, 0.29) is 128 Å². The lowest BCUT2D eigenvalue weighted by atomic mass is 9.96. The van der Waals surface area contributed by atoms with E-state index in [2.05, 4.69) is 120 Å². The molecule has 4 unspecified atom stereocenters. The average molecular weight is 2000 g/mol. The maximum Gasteiger partial charge on any atom is 0.306 e. The molecule has 21 nitrogen and oxygen atoms in total. The third-order valence-electron chi connectivity index (χ3n) is 25.4. The first-order valence-corrected chi connectivity index (χ1v) is 59.1. The van der Waals surface area contributed by atoms with Crippen LogP contribution in [0.15, 0.2) is 60.8 Å². The third-order valence-corrected chi connectivity index (χ3v) is 28.2. The Morgan fingerprint density at radius 2 is 0.500 bits per heavy atom. The van der Waals surface area contributed by atoms with Crippen LogP contribution in [0.25, 0.3) is 0 Å². The Bertz CT molecular complexity index is 3070. The van der Waals surface area contributed by atoms with Gasteiger partial charge in [0.25, 0.3) is 15.7 Å². The lowest BCUT2D eigenvalue weighted by Crippen LogP contribution is -2.31. The molecule has 0 N–H and O–H groups in total. The molecule has 0 saturated heterocycles. The fraction of sp³-hybridized carbons (Fsp3) is 0.833. The van der Waals surface area contributed by atoms with Gasteiger partial charge in [-0.1, -0.05) is 325 Å². The zero-order valence-corrected chi connectivity index (χ0v) is 93.1. The molecule has 138 heavy (non-hydrogen) atoms. The molecule has 4 atom stereocenters. The molecular weight excluding hydrogens is 1790 g/mol. The summed E-state index contributed by atoms with van der Waals surface area (Å²) in [4.78, 5) is 131. The fourth-order valence-corrected chi connectivity index (χ4v) is 19.4. The third kappa shape index (κ3) is 88.6. The molecule has 0 heterocycles. The van der Waals surface area contributed by atoms with Crippen LogP contribution < -0.4 is 0 Å². The van der Waals surface area contributed by atoms with Crippen LogP contribution in [0, 0.1) is 11.8 Å². The van der Waals surface area contributed by atoms with Crippen molar-refractivity contribution in [1.29, 1.82) is 0 Å². The summed E-state index contributed by atoms with van der Waals surface area (Å²) in [5, 5.41) is -0.0706. The molecule has 24 heteroatoms. The molecule has 0 radical (unpaired) electrons. The Morgan fingerprint density at radius 3 is 0.833 bits per heavy atom. The minimum atomic E-state index is -0.285. The molecule has 0 spiro atoms. The first kappa shape index (κ1) is 133. The van der Waals surface area contributed by atoms with Gasteiger partial charge in [-0.3, -0.25) is 43.2 Å². The van der Waals surface area contributed by atoms with Gasteiger partial charge in [0.1, 0.15) is 38.1 Å². The lowest BCUT2D eigenvalue weighted by Gasteiger charge is -2.23. The summed E-state index contributed by atoms with van der Waals surface area (Å²) in [6, 6.07) is 0. The molecular formula is C114H208N6O15S3. The summed E-state index contributed by atoms with van der Waals surface area (Å²) in [5.41, 5.74) is 0. The van der Waals surface area contributed by atoms with E-state index >= 15 is 0 Å². The van der Waals surface area contributed by atoms with Crippen molar-refractivity contribution in [2.24, 2.45) is 11.8 Å². The summed E-state index contributed by atoms with van der Waals surface area (Å²) >= 11 is 3.90. The first-order valence-electron chi connectivity index (χ1n) is 56.1. The van der Waals surface area contributed by atoms with Crippen LogP contribution in [0.3, 0.4) is 0 Å². The summed E-state index contributed by atoms with van der Waals surface area (Å²) in [6.45, 7) is 27.9. The molecule has 3 amide bonds. The molecule has 0 aromatic carbocycles. The van der Waals surface area contributed by atoms with E-state index in [1.54, 1.807) is 9.80 Å². The van der Waals surface area contributed by atoms with Gasteiger partial charge in [-0.25, -0.2) is 0 Å². The summed E-state index contributed by atoms with van der Waals surface area (Å²) < 4.78 is 35.0. The van der Waals surface area contributed by atoms with Gasteiger partial charge in [-0.2, -0.15) is 0 Å². The fourth-order valence-electron chi connectivity index (χ4n) is 16.6. The molecule has 0 aromatic heterocycles. The Balaban J connectivity index is 4.97. The predicted octanol–water partition coefficient (Wildman–Crippen LogP) is 29.8. The van der Waals surface area contributed by atoms with E-state index < -0.39 is 0 Å². The minimum Gasteiger partial charge on any atom is -0.462 e. The molecule has 0 fully saturated rings.